The van der Waals surface area contributed by atoms with Crippen LogP contribution in [0.25, 0.3) is 0 Å². The molecule has 1 aromatic carbocycles. The first-order valence-electron chi connectivity index (χ1n) is 7.01. The van der Waals surface area contributed by atoms with Gasteiger partial charge in [-0.3, -0.25) is 4.90 Å². The molecule has 2 unspecified atom stereocenters. The van der Waals surface area contributed by atoms with E-state index in [0.29, 0.717) is 17.1 Å². The maximum absolute atomic E-state index is 13.1. The van der Waals surface area contributed by atoms with E-state index >= 15 is 0 Å². The molecule has 1 aliphatic rings. The summed E-state index contributed by atoms with van der Waals surface area (Å²) in [6.07, 6.45) is 2.39. The first kappa shape index (κ1) is 14.8. The Labute approximate surface area is 119 Å². The molecule has 1 aliphatic heterocycles. The van der Waals surface area contributed by atoms with Crippen LogP contribution in [0, 0.1) is 5.82 Å². The highest BCUT2D eigenvalue weighted by Gasteiger charge is 2.24. The number of nitrogens with zero attached hydrogens (tertiary/aromatic N) is 1. The van der Waals surface area contributed by atoms with Crippen molar-refractivity contribution in [2.45, 2.75) is 45.3 Å². The molecule has 0 saturated carbocycles. The molecular formula is C15H22ClFN2. The third-order valence-corrected chi connectivity index (χ3v) is 4.16. The zero-order valence-corrected chi connectivity index (χ0v) is 12.4. The predicted molar refractivity (Wildman–Crippen MR) is 78.0 cm³/mol. The van der Waals surface area contributed by atoms with Gasteiger partial charge in [-0.2, -0.15) is 0 Å². The molecular weight excluding hydrogens is 263 g/mol. The fraction of sp³-hybridized carbons (Fsp3) is 0.600. The molecule has 1 aromatic rings. The Morgan fingerprint density at radius 2 is 2.26 bits per heavy atom. The monoisotopic (exact) mass is 284 g/mol. The van der Waals surface area contributed by atoms with E-state index in [9.17, 15) is 4.39 Å². The topological polar surface area (TPSA) is 15.3 Å². The van der Waals surface area contributed by atoms with Crippen LogP contribution in [0.15, 0.2) is 18.2 Å². The molecule has 1 heterocycles. The highest BCUT2D eigenvalue weighted by atomic mass is 35.5. The molecule has 0 aromatic heterocycles. The Kier molecular flexibility index (Phi) is 5.20. The van der Waals surface area contributed by atoms with Crippen LogP contribution in [0.3, 0.4) is 0 Å². The van der Waals surface area contributed by atoms with Gasteiger partial charge < -0.3 is 5.32 Å². The van der Waals surface area contributed by atoms with Crippen molar-refractivity contribution in [1.82, 2.24) is 10.2 Å². The lowest BCUT2D eigenvalue weighted by Gasteiger charge is -2.39. The smallest absolute Gasteiger partial charge is 0.124 e. The molecule has 1 N–H and O–H groups in total. The molecule has 0 bridgehead atoms. The van der Waals surface area contributed by atoms with E-state index in [2.05, 4.69) is 24.1 Å². The molecule has 0 spiro atoms. The number of hydrogen-bond acceptors (Lipinski definition) is 2. The molecule has 106 valence electrons. The average molecular weight is 285 g/mol. The lowest BCUT2D eigenvalue weighted by Crippen LogP contribution is -2.54. The quantitative estimate of drug-likeness (QED) is 0.911. The minimum absolute atomic E-state index is 0.272. The number of hydrogen-bond donors (Lipinski definition) is 1. The number of piperazine rings is 1. The van der Waals surface area contributed by atoms with Crippen molar-refractivity contribution in [2.75, 3.05) is 13.1 Å². The summed E-state index contributed by atoms with van der Waals surface area (Å²) in [6.45, 7) is 7.25. The van der Waals surface area contributed by atoms with Crippen molar-refractivity contribution >= 4 is 11.6 Å². The van der Waals surface area contributed by atoms with Crippen molar-refractivity contribution in [1.29, 1.82) is 0 Å². The summed E-state index contributed by atoms with van der Waals surface area (Å²) < 4.78 is 13.1. The molecule has 1 fully saturated rings. The molecule has 2 nitrogen and oxygen atoms in total. The van der Waals surface area contributed by atoms with Crippen LogP contribution in [-0.4, -0.2) is 30.1 Å². The highest BCUT2D eigenvalue weighted by Crippen LogP contribution is 2.21. The van der Waals surface area contributed by atoms with Gasteiger partial charge in [-0.1, -0.05) is 31.0 Å². The van der Waals surface area contributed by atoms with Crippen molar-refractivity contribution < 1.29 is 4.39 Å². The Morgan fingerprint density at radius 1 is 1.47 bits per heavy atom. The Morgan fingerprint density at radius 3 is 2.95 bits per heavy atom. The van der Waals surface area contributed by atoms with Crippen molar-refractivity contribution in [3.63, 3.8) is 0 Å². The fourth-order valence-electron chi connectivity index (χ4n) is 2.62. The molecule has 4 heteroatoms. The number of nitrogens with one attached hydrogen (secondary N) is 1. The van der Waals surface area contributed by atoms with E-state index < -0.39 is 0 Å². The van der Waals surface area contributed by atoms with E-state index in [1.807, 2.05) is 0 Å². The third-order valence-electron chi connectivity index (χ3n) is 3.81. The summed E-state index contributed by atoms with van der Waals surface area (Å²) in [6, 6.07) is 5.71. The number of rotatable bonds is 4. The second-order valence-corrected chi connectivity index (χ2v) is 5.82. The zero-order chi connectivity index (χ0) is 13.8. The van der Waals surface area contributed by atoms with Gasteiger partial charge in [0, 0.05) is 36.7 Å². The van der Waals surface area contributed by atoms with Crippen LogP contribution in [0.5, 0.6) is 0 Å². The van der Waals surface area contributed by atoms with Gasteiger partial charge in [0.05, 0.1) is 0 Å². The SMILES string of the molecule is CCCC1CN(Cc2ccc(F)cc2Cl)C(C)CN1. The maximum Gasteiger partial charge on any atom is 0.124 e. The van der Waals surface area contributed by atoms with Crippen LogP contribution in [0.1, 0.15) is 32.3 Å². The second kappa shape index (κ2) is 6.69. The summed E-state index contributed by atoms with van der Waals surface area (Å²) >= 11 is 6.11. The molecule has 0 radical (unpaired) electrons. The summed E-state index contributed by atoms with van der Waals surface area (Å²) in [4.78, 5) is 2.43. The van der Waals surface area contributed by atoms with Crippen LogP contribution in [0.4, 0.5) is 4.39 Å². The van der Waals surface area contributed by atoms with Crippen molar-refractivity contribution in [3.05, 3.63) is 34.6 Å². The van der Waals surface area contributed by atoms with E-state index in [1.165, 1.54) is 25.0 Å². The summed E-state index contributed by atoms with van der Waals surface area (Å²) in [5.41, 5.74) is 1.01. The lowest BCUT2D eigenvalue weighted by molar-refractivity contribution is 0.129. The Bertz CT molecular complexity index is 425. The molecule has 0 amide bonds. The van der Waals surface area contributed by atoms with Gasteiger partial charge in [-0.05, 0) is 31.0 Å². The van der Waals surface area contributed by atoms with E-state index in [-0.39, 0.29) is 5.82 Å². The van der Waals surface area contributed by atoms with Gasteiger partial charge in [0.1, 0.15) is 5.82 Å². The maximum atomic E-state index is 13.1. The lowest BCUT2D eigenvalue weighted by atomic mass is 10.0. The highest BCUT2D eigenvalue weighted by molar-refractivity contribution is 6.31. The molecule has 2 rings (SSSR count). The standard InChI is InChI=1S/C15H22ClFN2/c1-3-4-14-10-19(11(2)8-18-14)9-12-5-6-13(17)7-15(12)16/h5-7,11,14,18H,3-4,8-10H2,1-2H3. The summed E-state index contributed by atoms with van der Waals surface area (Å²) in [5.74, 6) is -0.272. The minimum atomic E-state index is -0.272. The van der Waals surface area contributed by atoms with Gasteiger partial charge in [0.25, 0.3) is 0 Å². The van der Waals surface area contributed by atoms with Crippen molar-refractivity contribution in [3.8, 4) is 0 Å². The molecule has 2 atom stereocenters. The van der Waals surface area contributed by atoms with Crippen molar-refractivity contribution in [2.24, 2.45) is 0 Å². The van der Waals surface area contributed by atoms with Crippen LogP contribution in [0.2, 0.25) is 5.02 Å². The van der Waals surface area contributed by atoms with Gasteiger partial charge in [-0.15, -0.1) is 0 Å². The normalized spacial score (nSPS) is 24.6. The van der Waals surface area contributed by atoms with E-state index in [1.54, 1.807) is 6.07 Å². The fourth-order valence-corrected chi connectivity index (χ4v) is 2.85. The van der Waals surface area contributed by atoms with Crippen LogP contribution in [-0.2, 0) is 6.54 Å². The molecule has 19 heavy (non-hydrogen) atoms. The molecule has 0 aliphatic carbocycles. The predicted octanol–water partition coefficient (Wildman–Crippen LogP) is 3.44. The van der Waals surface area contributed by atoms with Gasteiger partial charge >= 0.3 is 0 Å². The van der Waals surface area contributed by atoms with Gasteiger partial charge in [0.15, 0.2) is 0 Å². The van der Waals surface area contributed by atoms with Crippen LogP contribution < -0.4 is 5.32 Å². The first-order chi connectivity index (χ1) is 9.10. The van der Waals surface area contributed by atoms with Gasteiger partial charge in [0.2, 0.25) is 0 Å². The number of halogens is 2. The minimum Gasteiger partial charge on any atom is -0.311 e. The Balaban J connectivity index is 2.03. The largest absolute Gasteiger partial charge is 0.311 e. The third kappa shape index (κ3) is 3.91. The summed E-state index contributed by atoms with van der Waals surface area (Å²) in [5, 5.41) is 4.10. The first-order valence-corrected chi connectivity index (χ1v) is 7.39. The zero-order valence-electron chi connectivity index (χ0n) is 11.6. The average Bonchev–Trinajstić information content (AvgIpc) is 2.37. The van der Waals surface area contributed by atoms with Gasteiger partial charge in [-0.25, -0.2) is 4.39 Å². The van der Waals surface area contributed by atoms with Crippen LogP contribution >= 0.6 is 11.6 Å². The second-order valence-electron chi connectivity index (χ2n) is 5.41. The van der Waals surface area contributed by atoms with E-state index in [0.717, 1.165) is 25.2 Å². The Hall–Kier alpha value is -0.640. The number of benzene rings is 1. The van der Waals surface area contributed by atoms with E-state index in [4.69, 9.17) is 11.6 Å². The molecule has 1 saturated heterocycles. The summed E-state index contributed by atoms with van der Waals surface area (Å²) in [7, 11) is 0.